The van der Waals surface area contributed by atoms with Gasteiger partial charge in [0.1, 0.15) is 23.6 Å². The highest BCUT2D eigenvalue weighted by Crippen LogP contribution is 2.39. The number of nitrogens with one attached hydrogen (secondary N) is 2. The van der Waals surface area contributed by atoms with E-state index in [0.29, 0.717) is 18.7 Å². The normalized spacial score (nSPS) is 25.3. The first kappa shape index (κ1) is 21.3. The number of aryl methyl sites for hydroxylation is 1. The molecule has 0 saturated heterocycles. The van der Waals surface area contributed by atoms with Crippen LogP contribution in [-0.2, 0) is 16.6 Å². The minimum absolute atomic E-state index is 0.0206. The second-order valence-corrected chi connectivity index (χ2v) is 9.99. The van der Waals surface area contributed by atoms with E-state index in [2.05, 4.69) is 20.0 Å². The van der Waals surface area contributed by atoms with Crippen LogP contribution in [0, 0.1) is 11.7 Å². The summed E-state index contributed by atoms with van der Waals surface area (Å²) in [6.45, 7) is 0.0964. The molecule has 170 valence electrons. The Hall–Kier alpha value is -2.60. The average molecular weight is 461 g/mol. The molecule has 2 aliphatic carbocycles. The molecule has 1 saturated carbocycles. The summed E-state index contributed by atoms with van der Waals surface area (Å²) in [4.78, 5) is 8.90. The summed E-state index contributed by atoms with van der Waals surface area (Å²) < 4.78 is 40.2. The Morgan fingerprint density at radius 1 is 1.25 bits per heavy atom. The van der Waals surface area contributed by atoms with E-state index in [1.807, 2.05) is 22.9 Å². The maximum atomic E-state index is 13.5. The molecule has 0 amide bonds. The summed E-state index contributed by atoms with van der Waals surface area (Å²) in [5.74, 6) is 0.259. The van der Waals surface area contributed by atoms with Crippen molar-refractivity contribution in [1.82, 2.24) is 19.3 Å². The van der Waals surface area contributed by atoms with E-state index in [4.69, 9.17) is 5.14 Å². The second-order valence-electron chi connectivity index (χ2n) is 8.61. The van der Waals surface area contributed by atoms with Gasteiger partial charge in [-0.1, -0.05) is 6.07 Å². The van der Waals surface area contributed by atoms with Crippen molar-refractivity contribution in [2.75, 3.05) is 11.9 Å². The van der Waals surface area contributed by atoms with Crippen molar-refractivity contribution in [3.63, 3.8) is 0 Å². The Morgan fingerprint density at radius 2 is 2.09 bits per heavy atom. The van der Waals surface area contributed by atoms with Gasteiger partial charge in [0, 0.05) is 24.7 Å². The number of rotatable bonds is 6. The van der Waals surface area contributed by atoms with Gasteiger partial charge in [0.25, 0.3) is 10.2 Å². The minimum atomic E-state index is -3.80. The van der Waals surface area contributed by atoms with Crippen LogP contribution in [0.15, 0.2) is 36.8 Å². The van der Waals surface area contributed by atoms with E-state index in [0.717, 1.165) is 35.0 Å². The Morgan fingerprint density at radius 3 is 2.91 bits per heavy atom. The molecule has 5 rings (SSSR count). The Labute approximate surface area is 185 Å². The monoisotopic (exact) mass is 460 g/mol. The molecule has 0 unspecified atom stereocenters. The van der Waals surface area contributed by atoms with Gasteiger partial charge in [0.15, 0.2) is 0 Å². The van der Waals surface area contributed by atoms with Crippen LogP contribution in [-0.4, -0.2) is 40.7 Å². The van der Waals surface area contributed by atoms with E-state index in [-0.39, 0.29) is 30.4 Å². The highest BCUT2D eigenvalue weighted by Gasteiger charge is 2.35. The van der Waals surface area contributed by atoms with Gasteiger partial charge in [-0.3, -0.25) is 0 Å². The number of aromatic nitrogens is 3. The number of aliphatic hydroxyl groups is 1. The maximum Gasteiger partial charge on any atom is 0.274 e. The molecule has 9 nitrogen and oxygen atoms in total. The van der Waals surface area contributed by atoms with Gasteiger partial charge in [0.2, 0.25) is 0 Å². The fourth-order valence-corrected chi connectivity index (χ4v) is 5.47. The third-order valence-electron chi connectivity index (χ3n) is 6.58. The summed E-state index contributed by atoms with van der Waals surface area (Å²) in [5, 5.41) is 19.8. The average Bonchev–Trinajstić information content (AvgIpc) is 3.43. The molecule has 4 atom stereocenters. The van der Waals surface area contributed by atoms with Gasteiger partial charge >= 0.3 is 0 Å². The summed E-state index contributed by atoms with van der Waals surface area (Å²) in [5.41, 5.74) is 2.85. The maximum absolute atomic E-state index is 13.5. The van der Waals surface area contributed by atoms with Crippen LogP contribution >= 0.6 is 0 Å². The van der Waals surface area contributed by atoms with Crippen molar-refractivity contribution in [1.29, 1.82) is 0 Å². The predicted molar refractivity (Wildman–Crippen MR) is 117 cm³/mol. The molecule has 0 spiro atoms. The third-order valence-corrected chi connectivity index (χ3v) is 7.14. The molecule has 11 heteroatoms. The predicted octanol–water partition coefficient (Wildman–Crippen LogP) is 1.77. The molecule has 5 N–H and O–H groups in total. The molecule has 1 fully saturated rings. The smallest absolute Gasteiger partial charge is 0.274 e. The standard InChI is InChI=1S/C21H25FN6O3S/c22-14-2-3-16-12(7-14)1-4-18(16)27-20-17-5-6-28(21(17)25-11-24-20)15-8-13(19(29)9-15)10-26-32(23,30)31/h2-3,5-7,11,13,15,18-19,26,29H,1,4,8-10H2,(H2,23,30,31)(H,24,25,27)/t13-,15+,18-,19-/m0/s1. The van der Waals surface area contributed by atoms with Crippen LogP contribution in [0.4, 0.5) is 10.2 Å². The van der Waals surface area contributed by atoms with E-state index in [1.165, 1.54) is 12.4 Å². The lowest BCUT2D eigenvalue weighted by Crippen LogP contribution is -2.36. The second kappa shape index (κ2) is 8.07. The number of fused-ring (bicyclic) bond motifs is 2. The summed E-state index contributed by atoms with van der Waals surface area (Å²) >= 11 is 0. The molecule has 2 heterocycles. The lowest BCUT2D eigenvalue weighted by Gasteiger charge is -2.17. The van der Waals surface area contributed by atoms with Crippen LogP contribution in [0.25, 0.3) is 11.0 Å². The van der Waals surface area contributed by atoms with E-state index >= 15 is 0 Å². The topological polar surface area (TPSA) is 135 Å². The Kier molecular flexibility index (Phi) is 5.36. The van der Waals surface area contributed by atoms with Crippen LogP contribution in [0.2, 0.25) is 0 Å². The first-order valence-electron chi connectivity index (χ1n) is 10.6. The van der Waals surface area contributed by atoms with Crippen LogP contribution in [0.1, 0.15) is 42.5 Å². The lowest BCUT2D eigenvalue weighted by atomic mass is 10.1. The molecule has 1 aromatic carbocycles. The Balaban J connectivity index is 1.36. The number of anilines is 1. The molecular formula is C21H25FN6O3S. The Bertz CT molecular complexity index is 1260. The summed E-state index contributed by atoms with van der Waals surface area (Å²) in [6, 6.07) is 6.88. The molecule has 32 heavy (non-hydrogen) atoms. The number of hydrogen-bond donors (Lipinski definition) is 4. The quantitative estimate of drug-likeness (QED) is 0.443. The van der Waals surface area contributed by atoms with Gasteiger partial charge in [-0.05, 0) is 55.0 Å². The van der Waals surface area contributed by atoms with Crippen LogP contribution in [0.3, 0.4) is 0 Å². The zero-order valence-electron chi connectivity index (χ0n) is 17.3. The van der Waals surface area contributed by atoms with Crippen molar-refractivity contribution in [3.05, 3.63) is 53.7 Å². The third kappa shape index (κ3) is 4.08. The van der Waals surface area contributed by atoms with E-state index < -0.39 is 16.3 Å². The molecular weight excluding hydrogens is 435 g/mol. The van der Waals surface area contributed by atoms with Gasteiger partial charge in [-0.15, -0.1) is 0 Å². The summed E-state index contributed by atoms with van der Waals surface area (Å²) in [6.07, 6.45) is 5.56. The lowest BCUT2D eigenvalue weighted by molar-refractivity contribution is 0.133. The molecule has 2 aliphatic rings. The van der Waals surface area contributed by atoms with E-state index in [9.17, 15) is 17.9 Å². The first-order valence-corrected chi connectivity index (χ1v) is 12.1. The fourth-order valence-electron chi connectivity index (χ4n) is 5.03. The fraction of sp³-hybridized carbons (Fsp3) is 0.429. The van der Waals surface area contributed by atoms with Crippen molar-refractivity contribution < 1.29 is 17.9 Å². The highest BCUT2D eigenvalue weighted by atomic mass is 32.2. The zero-order chi connectivity index (χ0) is 22.5. The number of halogens is 1. The molecule has 2 aromatic heterocycles. The van der Waals surface area contributed by atoms with Gasteiger partial charge in [-0.2, -0.15) is 8.42 Å². The highest BCUT2D eigenvalue weighted by molar-refractivity contribution is 7.87. The van der Waals surface area contributed by atoms with E-state index in [1.54, 1.807) is 6.07 Å². The van der Waals surface area contributed by atoms with Crippen LogP contribution < -0.4 is 15.2 Å². The van der Waals surface area contributed by atoms with Crippen molar-refractivity contribution in [2.45, 2.75) is 43.9 Å². The zero-order valence-corrected chi connectivity index (χ0v) is 18.1. The molecule has 0 radical (unpaired) electrons. The van der Waals surface area contributed by atoms with Crippen LogP contribution in [0.5, 0.6) is 0 Å². The van der Waals surface area contributed by atoms with Gasteiger partial charge < -0.3 is 15.0 Å². The first-order chi connectivity index (χ1) is 15.3. The van der Waals surface area contributed by atoms with Crippen molar-refractivity contribution >= 4 is 27.1 Å². The number of nitrogens with two attached hydrogens (primary N) is 1. The molecule has 3 aromatic rings. The summed E-state index contributed by atoms with van der Waals surface area (Å²) in [7, 11) is -3.80. The minimum Gasteiger partial charge on any atom is -0.393 e. The van der Waals surface area contributed by atoms with Gasteiger partial charge in [0.05, 0.1) is 17.5 Å². The molecule has 0 bridgehead atoms. The molecule has 0 aliphatic heterocycles. The number of benzene rings is 1. The van der Waals surface area contributed by atoms with Gasteiger partial charge in [-0.25, -0.2) is 24.2 Å². The van der Waals surface area contributed by atoms with Crippen molar-refractivity contribution in [2.24, 2.45) is 11.1 Å². The largest absolute Gasteiger partial charge is 0.393 e. The van der Waals surface area contributed by atoms with Crippen molar-refractivity contribution in [3.8, 4) is 0 Å². The number of aliphatic hydroxyl groups excluding tert-OH is 1. The number of nitrogens with zero attached hydrogens (tertiary/aromatic N) is 3. The number of hydrogen-bond acceptors (Lipinski definition) is 6. The SMILES string of the molecule is NS(=O)(=O)NC[C@@H]1C[C@@H](n2ccc3c(N[C@H]4CCc5cc(F)ccc54)ncnc32)C[C@@H]1O.